The summed E-state index contributed by atoms with van der Waals surface area (Å²) in [5, 5.41) is 5.93. The van der Waals surface area contributed by atoms with E-state index in [0.29, 0.717) is 28.4 Å². The van der Waals surface area contributed by atoms with Crippen LogP contribution in [0.15, 0.2) is 54.6 Å². The van der Waals surface area contributed by atoms with Gasteiger partial charge in [-0.05, 0) is 69.3 Å². The number of nitrogens with one attached hydrogen (secondary N) is 2. The van der Waals surface area contributed by atoms with E-state index in [1.165, 1.54) is 0 Å². The molecule has 0 bridgehead atoms. The lowest BCUT2D eigenvalue weighted by Crippen LogP contribution is -2.22. The van der Waals surface area contributed by atoms with Crippen LogP contribution < -0.4 is 10.6 Å². The molecule has 0 unspecified atom stereocenters. The molecule has 0 spiro atoms. The van der Waals surface area contributed by atoms with E-state index >= 15 is 0 Å². The third kappa shape index (κ3) is 4.10. The topological polar surface area (TPSA) is 63.1 Å². The van der Waals surface area contributed by atoms with Gasteiger partial charge in [0.05, 0.1) is 10.6 Å². The number of hydrogen-bond donors (Lipinski definition) is 2. The van der Waals surface area contributed by atoms with Crippen molar-refractivity contribution < 1.29 is 9.59 Å². The van der Waals surface area contributed by atoms with Crippen LogP contribution in [0.25, 0.3) is 5.69 Å². The van der Waals surface area contributed by atoms with Crippen LogP contribution in [-0.2, 0) is 0 Å². The summed E-state index contributed by atoms with van der Waals surface area (Å²) in [7, 11) is 0. The number of rotatable bonds is 5. The molecule has 0 aliphatic carbocycles. The average Bonchev–Trinajstić information content (AvgIpc) is 3.01. The second kappa shape index (κ2) is 8.31. The highest BCUT2D eigenvalue weighted by atomic mass is 35.5. The van der Waals surface area contributed by atoms with Crippen molar-refractivity contribution in [3.8, 4) is 5.69 Å². The number of hydrogen-bond acceptors (Lipinski definition) is 2. The van der Waals surface area contributed by atoms with E-state index < -0.39 is 0 Å². The van der Waals surface area contributed by atoms with Gasteiger partial charge in [0.15, 0.2) is 0 Å². The number of halogens is 1. The van der Waals surface area contributed by atoms with Crippen LogP contribution in [0.3, 0.4) is 0 Å². The minimum Gasteiger partial charge on any atom is -0.352 e. The maximum absolute atomic E-state index is 12.8. The van der Waals surface area contributed by atoms with Gasteiger partial charge in [0.1, 0.15) is 0 Å². The molecule has 0 saturated heterocycles. The Morgan fingerprint density at radius 3 is 2.36 bits per heavy atom. The summed E-state index contributed by atoms with van der Waals surface area (Å²) in [4.78, 5) is 24.8. The van der Waals surface area contributed by atoms with Gasteiger partial charge in [0.25, 0.3) is 11.8 Å². The van der Waals surface area contributed by atoms with Crippen LogP contribution in [0.2, 0.25) is 5.02 Å². The molecule has 0 aliphatic rings. The van der Waals surface area contributed by atoms with Gasteiger partial charge in [0, 0.05) is 34.9 Å². The highest BCUT2D eigenvalue weighted by molar-refractivity contribution is 6.34. The highest BCUT2D eigenvalue weighted by Crippen LogP contribution is 2.24. The number of carbonyl (C=O) groups excluding carboxylic acids is 2. The van der Waals surface area contributed by atoms with Crippen LogP contribution in [0.5, 0.6) is 0 Å². The molecule has 3 rings (SSSR count). The Bertz CT molecular complexity index is 1020. The molecule has 2 N–H and O–H groups in total. The summed E-state index contributed by atoms with van der Waals surface area (Å²) < 4.78 is 2.06. The van der Waals surface area contributed by atoms with Gasteiger partial charge < -0.3 is 15.2 Å². The first-order valence-electron chi connectivity index (χ1n) is 9.05. The van der Waals surface area contributed by atoms with Gasteiger partial charge in [-0.25, -0.2) is 0 Å². The van der Waals surface area contributed by atoms with E-state index in [2.05, 4.69) is 15.2 Å². The fourth-order valence-electron chi connectivity index (χ4n) is 3.10. The maximum atomic E-state index is 12.8. The van der Waals surface area contributed by atoms with Gasteiger partial charge in [0.2, 0.25) is 0 Å². The van der Waals surface area contributed by atoms with Crippen LogP contribution in [0.4, 0.5) is 5.69 Å². The molecule has 1 heterocycles. The van der Waals surface area contributed by atoms with Crippen LogP contribution in [0.1, 0.15) is 39.0 Å². The van der Waals surface area contributed by atoms with Crippen LogP contribution in [0, 0.1) is 13.8 Å². The molecule has 28 heavy (non-hydrogen) atoms. The van der Waals surface area contributed by atoms with E-state index in [0.717, 1.165) is 17.1 Å². The summed E-state index contributed by atoms with van der Waals surface area (Å²) in [5.74, 6) is -0.514. The van der Waals surface area contributed by atoms with Gasteiger partial charge >= 0.3 is 0 Å². The Labute approximate surface area is 169 Å². The molecular weight excluding hydrogens is 374 g/mol. The van der Waals surface area contributed by atoms with Crippen LogP contribution in [-0.4, -0.2) is 22.9 Å². The quantitative estimate of drug-likeness (QED) is 0.654. The van der Waals surface area contributed by atoms with Gasteiger partial charge in [-0.3, -0.25) is 9.59 Å². The van der Waals surface area contributed by atoms with Crippen molar-refractivity contribution in [3.05, 3.63) is 82.1 Å². The molecule has 0 saturated carbocycles. The molecule has 3 aromatic rings. The Morgan fingerprint density at radius 1 is 0.964 bits per heavy atom. The SMILES string of the molecule is CCNC(=O)c1cccc(NC(=O)c2cc(-n3c(C)ccc3C)ccc2Cl)c1. The third-order valence-corrected chi connectivity index (χ3v) is 4.77. The van der Waals surface area contributed by atoms with Crippen molar-refractivity contribution in [2.75, 3.05) is 11.9 Å². The van der Waals surface area contributed by atoms with E-state index in [4.69, 9.17) is 11.6 Å². The monoisotopic (exact) mass is 395 g/mol. The Hall–Kier alpha value is -3.05. The first-order valence-corrected chi connectivity index (χ1v) is 9.43. The maximum Gasteiger partial charge on any atom is 0.257 e. The fourth-order valence-corrected chi connectivity index (χ4v) is 3.30. The number of benzene rings is 2. The van der Waals surface area contributed by atoms with Crippen molar-refractivity contribution >= 4 is 29.1 Å². The number of anilines is 1. The summed E-state index contributed by atoms with van der Waals surface area (Å²) in [5.41, 5.74) is 4.39. The van der Waals surface area contributed by atoms with E-state index in [1.54, 1.807) is 36.4 Å². The summed E-state index contributed by atoms with van der Waals surface area (Å²) >= 11 is 6.29. The number of nitrogens with zero attached hydrogens (tertiary/aromatic N) is 1. The predicted octanol–water partition coefficient (Wildman–Crippen LogP) is 4.75. The van der Waals surface area contributed by atoms with E-state index in [9.17, 15) is 9.59 Å². The molecule has 1 aromatic heterocycles. The second-order valence-electron chi connectivity index (χ2n) is 6.51. The molecule has 6 heteroatoms. The Morgan fingerprint density at radius 2 is 1.68 bits per heavy atom. The van der Waals surface area contributed by atoms with Crippen molar-refractivity contribution in [2.45, 2.75) is 20.8 Å². The van der Waals surface area contributed by atoms with Gasteiger partial charge in [-0.1, -0.05) is 17.7 Å². The molecule has 2 aromatic carbocycles. The number of amides is 2. The summed E-state index contributed by atoms with van der Waals surface area (Å²) in [6, 6.07) is 16.2. The Balaban J connectivity index is 1.88. The third-order valence-electron chi connectivity index (χ3n) is 4.44. The first kappa shape index (κ1) is 19.7. The standard InChI is InChI=1S/C22H22ClN3O2/c1-4-24-21(27)16-6-5-7-17(12-16)25-22(28)19-13-18(10-11-20(19)23)26-14(2)8-9-15(26)3/h5-13H,4H2,1-3H3,(H,24,27)(H,25,28). The average molecular weight is 396 g/mol. The smallest absolute Gasteiger partial charge is 0.257 e. The second-order valence-corrected chi connectivity index (χ2v) is 6.92. The molecule has 5 nitrogen and oxygen atoms in total. The largest absolute Gasteiger partial charge is 0.352 e. The molecule has 0 radical (unpaired) electrons. The summed E-state index contributed by atoms with van der Waals surface area (Å²) in [6.07, 6.45) is 0. The van der Waals surface area contributed by atoms with E-state index in [-0.39, 0.29) is 11.8 Å². The molecule has 144 valence electrons. The zero-order valence-electron chi connectivity index (χ0n) is 16.0. The van der Waals surface area contributed by atoms with Gasteiger partial charge in [-0.2, -0.15) is 0 Å². The molecule has 0 atom stereocenters. The molecule has 0 aliphatic heterocycles. The van der Waals surface area contributed by atoms with Crippen molar-refractivity contribution in [1.82, 2.24) is 9.88 Å². The Kier molecular flexibility index (Phi) is 5.85. The number of aromatic nitrogens is 1. The zero-order valence-corrected chi connectivity index (χ0v) is 16.8. The van der Waals surface area contributed by atoms with Crippen molar-refractivity contribution in [1.29, 1.82) is 0 Å². The lowest BCUT2D eigenvalue weighted by atomic mass is 10.1. The van der Waals surface area contributed by atoms with Gasteiger partial charge in [-0.15, -0.1) is 0 Å². The first-order chi connectivity index (χ1) is 13.4. The minimum atomic E-state index is -0.331. The lowest BCUT2D eigenvalue weighted by Gasteiger charge is -2.13. The van der Waals surface area contributed by atoms with E-state index in [1.807, 2.05) is 39.0 Å². The molecular formula is C22H22ClN3O2. The fraction of sp³-hybridized carbons (Fsp3) is 0.182. The van der Waals surface area contributed by atoms with Crippen molar-refractivity contribution in [2.24, 2.45) is 0 Å². The summed E-state index contributed by atoms with van der Waals surface area (Å²) in [6.45, 7) is 6.41. The number of carbonyl (C=O) groups is 2. The van der Waals surface area contributed by atoms with Crippen molar-refractivity contribution in [3.63, 3.8) is 0 Å². The predicted molar refractivity (Wildman–Crippen MR) is 113 cm³/mol. The minimum absolute atomic E-state index is 0.183. The molecule has 2 amide bonds. The normalized spacial score (nSPS) is 10.6. The zero-order chi connectivity index (χ0) is 20.3. The molecule has 0 fully saturated rings. The number of aryl methyl sites for hydroxylation is 2. The van der Waals surface area contributed by atoms with Crippen LogP contribution >= 0.6 is 11.6 Å². The highest BCUT2D eigenvalue weighted by Gasteiger charge is 2.14. The lowest BCUT2D eigenvalue weighted by molar-refractivity contribution is 0.0954.